The van der Waals surface area contributed by atoms with Crippen molar-refractivity contribution >= 4 is 33.6 Å². The Balaban J connectivity index is 4.62. The van der Waals surface area contributed by atoms with E-state index in [1.165, 1.54) is 70.6 Å². The van der Waals surface area contributed by atoms with E-state index < -0.39 is 91.5 Å². The number of carbonyl (C=O) groups excluding carboxylic acids is 3. The van der Waals surface area contributed by atoms with Gasteiger partial charge in [0.2, 0.25) is 0 Å². The van der Waals surface area contributed by atoms with Crippen molar-refractivity contribution in [3.8, 4) is 0 Å². The largest absolute Gasteiger partial charge is 0.472 e. The lowest BCUT2D eigenvalue weighted by atomic mass is 10.0. The van der Waals surface area contributed by atoms with E-state index in [-0.39, 0.29) is 19.3 Å². The van der Waals surface area contributed by atoms with Crippen LogP contribution in [0.5, 0.6) is 0 Å². The number of phosphoric acid groups is 2. The van der Waals surface area contributed by atoms with Gasteiger partial charge in [-0.3, -0.25) is 32.5 Å². The molecule has 16 nitrogen and oxygen atoms in total. The molecule has 5 unspecified atom stereocenters. The molecule has 0 spiro atoms. The first-order valence-electron chi connectivity index (χ1n) is 39.1. The first kappa shape index (κ1) is 96.4. The second-order valence-corrected chi connectivity index (χ2v) is 28.7. The molecule has 0 aromatic rings. The van der Waals surface area contributed by atoms with Crippen LogP contribution in [0.15, 0.2) is 146 Å². The molecular formula is C83H140O16P2. The Morgan fingerprint density at radius 2 is 0.525 bits per heavy atom. The van der Waals surface area contributed by atoms with Crippen molar-refractivity contribution in [2.24, 2.45) is 0 Å². The quantitative estimate of drug-likeness (QED) is 0.0146. The molecule has 0 rings (SSSR count). The number of esters is 3. The van der Waals surface area contributed by atoms with Crippen LogP contribution in [-0.2, 0) is 55.8 Å². The normalized spacial score (nSPS) is 14.8. The van der Waals surface area contributed by atoms with Crippen molar-refractivity contribution in [1.29, 1.82) is 0 Å². The average molecular weight is 1460 g/mol. The van der Waals surface area contributed by atoms with E-state index in [1.807, 2.05) is 0 Å². The van der Waals surface area contributed by atoms with Gasteiger partial charge in [0.25, 0.3) is 0 Å². The summed E-state index contributed by atoms with van der Waals surface area (Å²) in [6, 6.07) is 0. The number of ether oxygens (including phenoxy) is 3. The number of aliphatic hydroxyl groups is 2. The van der Waals surface area contributed by atoms with E-state index in [1.54, 1.807) is 0 Å². The molecule has 0 bridgehead atoms. The van der Waals surface area contributed by atoms with Gasteiger partial charge in [0.1, 0.15) is 25.4 Å². The Hall–Kier alpha value is -4.57. The molecule has 0 amide bonds. The summed E-state index contributed by atoms with van der Waals surface area (Å²) < 4.78 is 61.1. The predicted octanol–water partition coefficient (Wildman–Crippen LogP) is 22.9. The van der Waals surface area contributed by atoms with Crippen molar-refractivity contribution in [2.45, 2.75) is 322 Å². The molecule has 0 aromatic carbocycles. The van der Waals surface area contributed by atoms with E-state index >= 15 is 0 Å². The van der Waals surface area contributed by atoms with Crippen LogP contribution < -0.4 is 0 Å². The topological polar surface area (TPSA) is 231 Å². The summed E-state index contributed by atoms with van der Waals surface area (Å²) in [6.45, 7) is 2.40. The van der Waals surface area contributed by atoms with Gasteiger partial charge >= 0.3 is 33.6 Å². The van der Waals surface area contributed by atoms with Crippen molar-refractivity contribution < 1.29 is 75.8 Å². The average Bonchev–Trinajstić information content (AvgIpc) is 0.974. The summed E-state index contributed by atoms with van der Waals surface area (Å²) in [6.07, 6.45) is 91.7. The number of hydrogen-bond acceptors (Lipinski definition) is 14. The maximum absolute atomic E-state index is 13.0. The van der Waals surface area contributed by atoms with E-state index in [0.29, 0.717) is 19.3 Å². The van der Waals surface area contributed by atoms with Gasteiger partial charge in [0.15, 0.2) is 6.10 Å². The van der Waals surface area contributed by atoms with E-state index in [9.17, 15) is 43.5 Å². The fourth-order valence-corrected chi connectivity index (χ4v) is 11.7. The van der Waals surface area contributed by atoms with Crippen molar-refractivity contribution in [3.63, 3.8) is 0 Å². The highest BCUT2D eigenvalue weighted by atomic mass is 31.2. The van der Waals surface area contributed by atoms with Crippen LogP contribution in [0.25, 0.3) is 0 Å². The predicted molar refractivity (Wildman–Crippen MR) is 417 cm³/mol. The maximum atomic E-state index is 13.0. The summed E-state index contributed by atoms with van der Waals surface area (Å²) >= 11 is 0. The van der Waals surface area contributed by atoms with Gasteiger partial charge in [-0.05, 0) is 141 Å². The first-order valence-corrected chi connectivity index (χ1v) is 42.1. The van der Waals surface area contributed by atoms with Crippen LogP contribution in [-0.4, -0.2) is 95.9 Å². The lowest BCUT2D eigenvalue weighted by Crippen LogP contribution is -2.30. The van der Waals surface area contributed by atoms with Crippen molar-refractivity contribution in [1.82, 2.24) is 0 Å². The standard InChI is InChI=1S/C83H140O16P2/c1-4-7-10-13-16-19-22-25-28-31-33-35-36-37-38-39-40-42-44-46-48-51-54-57-60-63-66-69-81(86)93-72-78(84)73-95-100(89,90)96-74-79(85)75-97-101(91,92)98-77-80(99-83(88)71-68-65-62-59-56-53-50-45-30-27-24-21-18-15-12-9-6-3)76-94-82(87)70-67-64-61-58-55-52-49-47-43-41-34-32-29-26-23-20-17-14-11-8-5-2/h7,9-10,12,16-21,25-30,33-35,37-38,41,47,49,78-80,84-85H,4-6,8,11,13-15,22-24,31-32,36,39-40,42-46,48,50-77H2,1-3H3,(H,89,90)(H,91,92)/b10-7-,12-9-,19-16-,20-17-,21-18-,28-25-,29-26-,30-27-,35-33-,38-37-,41-34-,49-47-. The van der Waals surface area contributed by atoms with Crippen LogP contribution >= 0.6 is 15.6 Å². The lowest BCUT2D eigenvalue weighted by Gasteiger charge is -2.21. The third-order valence-corrected chi connectivity index (χ3v) is 17.9. The summed E-state index contributed by atoms with van der Waals surface area (Å²) in [4.78, 5) is 58.7. The minimum absolute atomic E-state index is 0.0851. The van der Waals surface area contributed by atoms with E-state index in [4.69, 9.17) is 32.3 Å². The second-order valence-electron chi connectivity index (χ2n) is 25.7. The third-order valence-electron chi connectivity index (χ3n) is 16.0. The molecule has 0 heterocycles. The third kappa shape index (κ3) is 76.4. The number of carbonyl (C=O) groups is 3. The molecule has 0 aromatic heterocycles. The maximum Gasteiger partial charge on any atom is 0.472 e. The minimum atomic E-state index is -4.94. The highest BCUT2D eigenvalue weighted by Crippen LogP contribution is 2.45. The molecule has 4 N–H and O–H groups in total. The van der Waals surface area contributed by atoms with Gasteiger partial charge < -0.3 is 34.2 Å². The summed E-state index contributed by atoms with van der Waals surface area (Å²) in [5.74, 6) is -1.61. The Bertz CT molecular complexity index is 2420. The van der Waals surface area contributed by atoms with E-state index in [0.717, 1.165) is 173 Å². The van der Waals surface area contributed by atoms with Gasteiger partial charge in [-0.2, -0.15) is 0 Å². The molecule has 0 aliphatic heterocycles. The van der Waals surface area contributed by atoms with Crippen LogP contribution in [0.3, 0.4) is 0 Å². The fraction of sp³-hybridized carbons (Fsp3) is 0.675. The summed E-state index contributed by atoms with van der Waals surface area (Å²) in [5.41, 5.74) is 0. The molecule has 0 saturated heterocycles. The monoisotopic (exact) mass is 1450 g/mol. The number of phosphoric ester groups is 2. The number of aliphatic hydroxyl groups excluding tert-OH is 2. The van der Waals surface area contributed by atoms with Crippen LogP contribution in [0, 0.1) is 0 Å². The number of allylic oxidation sites excluding steroid dienone is 24. The second kappa shape index (κ2) is 75.1. The van der Waals surface area contributed by atoms with Crippen molar-refractivity contribution in [3.05, 3.63) is 146 Å². The Morgan fingerprint density at radius 1 is 0.287 bits per heavy atom. The number of unbranched alkanes of at least 4 members (excludes halogenated alkanes) is 26. The SMILES string of the molecule is CC/C=C\C/C=C\C/C=C\C/C=C\C/C=C\CCCCCCCCCCCCCC(=O)OCC(O)COP(=O)(O)OCC(O)COP(=O)(O)OCC(COC(=O)CCCCCCC/C=C\C/C=C\C/C=C\C/C=C\CCCCC)OC(=O)CCCCCCCCC/C=C\C/C=C\C/C=C\CC. The van der Waals surface area contributed by atoms with Crippen LogP contribution in [0.2, 0.25) is 0 Å². The molecule has 0 saturated carbocycles. The number of rotatable bonds is 73. The minimum Gasteiger partial charge on any atom is -0.463 e. The highest BCUT2D eigenvalue weighted by molar-refractivity contribution is 7.47. The summed E-state index contributed by atoms with van der Waals surface area (Å²) in [7, 11) is -9.81. The fourth-order valence-electron chi connectivity index (χ4n) is 10.1. The van der Waals surface area contributed by atoms with Crippen LogP contribution in [0.4, 0.5) is 0 Å². The molecule has 101 heavy (non-hydrogen) atoms. The molecule has 0 fully saturated rings. The van der Waals surface area contributed by atoms with Gasteiger partial charge in [0.05, 0.1) is 26.4 Å². The van der Waals surface area contributed by atoms with Gasteiger partial charge in [0, 0.05) is 19.3 Å². The lowest BCUT2D eigenvalue weighted by molar-refractivity contribution is -0.161. The molecule has 0 radical (unpaired) electrons. The zero-order valence-electron chi connectivity index (χ0n) is 63.0. The zero-order chi connectivity index (χ0) is 73.7. The molecule has 5 atom stereocenters. The molecule has 0 aliphatic rings. The zero-order valence-corrected chi connectivity index (χ0v) is 64.8. The highest BCUT2D eigenvalue weighted by Gasteiger charge is 2.29. The molecule has 578 valence electrons. The van der Waals surface area contributed by atoms with Gasteiger partial charge in [-0.1, -0.05) is 289 Å². The summed E-state index contributed by atoms with van der Waals surface area (Å²) in [5, 5.41) is 20.6. The first-order chi connectivity index (χ1) is 49.2. The van der Waals surface area contributed by atoms with E-state index in [2.05, 4.69) is 167 Å². The molecule has 18 heteroatoms. The van der Waals surface area contributed by atoms with Crippen molar-refractivity contribution in [2.75, 3.05) is 39.6 Å². The smallest absolute Gasteiger partial charge is 0.463 e. The Kier molecular flexibility index (Phi) is 71.7. The molecular weight excluding hydrogens is 1310 g/mol. The van der Waals surface area contributed by atoms with Gasteiger partial charge in [-0.15, -0.1) is 0 Å². The number of hydrogen-bond donors (Lipinski definition) is 4. The van der Waals surface area contributed by atoms with Crippen LogP contribution in [0.1, 0.15) is 303 Å². The van der Waals surface area contributed by atoms with Gasteiger partial charge in [-0.25, -0.2) is 9.13 Å². The Labute approximate surface area is 613 Å². The molecule has 0 aliphatic carbocycles. The Morgan fingerprint density at radius 3 is 0.832 bits per heavy atom.